The molecule has 1 aromatic rings. The number of carbonyl (C=O) groups is 1. The lowest BCUT2D eigenvalue weighted by Crippen LogP contribution is -2.34. The first kappa shape index (κ1) is 14.2. The van der Waals surface area contributed by atoms with Crippen molar-refractivity contribution in [2.45, 2.75) is 37.1 Å². The van der Waals surface area contributed by atoms with Crippen molar-refractivity contribution in [3.63, 3.8) is 0 Å². The van der Waals surface area contributed by atoms with Crippen LogP contribution in [0.15, 0.2) is 5.16 Å². The molecule has 0 unspecified atom stereocenters. The van der Waals surface area contributed by atoms with Gasteiger partial charge >= 0.3 is 6.18 Å². The minimum atomic E-state index is -4.38. The van der Waals surface area contributed by atoms with Crippen molar-refractivity contribution in [1.82, 2.24) is 20.1 Å². The van der Waals surface area contributed by atoms with Crippen LogP contribution in [0.25, 0.3) is 0 Å². The molecule has 1 aliphatic rings. The van der Waals surface area contributed by atoms with E-state index in [4.69, 9.17) is 0 Å². The highest BCUT2D eigenvalue weighted by Crippen LogP contribution is 2.38. The van der Waals surface area contributed by atoms with Crippen molar-refractivity contribution in [3.8, 4) is 0 Å². The maximum atomic E-state index is 11.9. The van der Waals surface area contributed by atoms with Gasteiger partial charge in [-0.05, 0) is 19.8 Å². The molecule has 2 rings (SSSR count). The van der Waals surface area contributed by atoms with E-state index in [1.807, 2.05) is 16.8 Å². The summed E-state index contributed by atoms with van der Waals surface area (Å²) in [7, 11) is 0. The van der Waals surface area contributed by atoms with Crippen molar-refractivity contribution >= 4 is 17.7 Å². The monoisotopic (exact) mass is 294 g/mol. The lowest BCUT2D eigenvalue weighted by atomic mass is 10.6. The first-order valence-electron chi connectivity index (χ1n) is 5.74. The number of rotatable bonds is 5. The Morgan fingerprint density at radius 1 is 1.47 bits per heavy atom. The summed E-state index contributed by atoms with van der Waals surface area (Å²) in [6, 6.07) is 0.371. The van der Waals surface area contributed by atoms with E-state index < -0.39 is 18.6 Å². The number of halogens is 3. The van der Waals surface area contributed by atoms with Crippen LogP contribution in [0.2, 0.25) is 0 Å². The summed E-state index contributed by atoms with van der Waals surface area (Å²) in [6.07, 6.45) is -2.29. The normalized spacial score (nSPS) is 15.6. The fourth-order valence-corrected chi connectivity index (χ4v) is 2.46. The van der Waals surface area contributed by atoms with Gasteiger partial charge in [-0.15, -0.1) is 10.2 Å². The Morgan fingerprint density at radius 3 is 2.74 bits per heavy atom. The van der Waals surface area contributed by atoms with Crippen LogP contribution < -0.4 is 5.32 Å². The van der Waals surface area contributed by atoms with E-state index in [9.17, 15) is 18.0 Å². The zero-order chi connectivity index (χ0) is 14.0. The summed E-state index contributed by atoms with van der Waals surface area (Å²) in [4.78, 5) is 11.3. The number of carbonyl (C=O) groups excluding carboxylic acids is 1. The minimum absolute atomic E-state index is 0.0963. The number of hydrogen-bond acceptors (Lipinski definition) is 4. The molecule has 1 saturated carbocycles. The molecule has 1 fully saturated rings. The molecule has 5 nitrogen and oxygen atoms in total. The van der Waals surface area contributed by atoms with Crippen molar-refractivity contribution in [3.05, 3.63) is 5.82 Å². The summed E-state index contributed by atoms with van der Waals surface area (Å²) >= 11 is 1.10. The number of nitrogens with one attached hydrogen (secondary N) is 1. The maximum Gasteiger partial charge on any atom is 0.405 e. The molecule has 0 spiro atoms. The molecule has 1 amide bonds. The van der Waals surface area contributed by atoms with Crippen LogP contribution >= 0.6 is 11.8 Å². The summed E-state index contributed by atoms with van der Waals surface area (Å²) < 4.78 is 37.7. The zero-order valence-electron chi connectivity index (χ0n) is 10.2. The van der Waals surface area contributed by atoms with Crippen molar-refractivity contribution in [2.75, 3.05) is 12.3 Å². The van der Waals surface area contributed by atoms with Gasteiger partial charge in [-0.3, -0.25) is 4.79 Å². The Labute approximate surface area is 112 Å². The van der Waals surface area contributed by atoms with Gasteiger partial charge in [0, 0.05) is 6.04 Å². The molecule has 106 valence electrons. The first-order chi connectivity index (χ1) is 8.87. The highest BCUT2D eigenvalue weighted by molar-refractivity contribution is 7.99. The number of nitrogens with zero attached hydrogens (tertiary/aromatic N) is 3. The summed E-state index contributed by atoms with van der Waals surface area (Å²) in [5, 5.41) is 10.3. The lowest BCUT2D eigenvalue weighted by Gasteiger charge is -2.08. The largest absolute Gasteiger partial charge is 0.405 e. The molecule has 19 heavy (non-hydrogen) atoms. The number of alkyl halides is 3. The van der Waals surface area contributed by atoms with Gasteiger partial charge < -0.3 is 9.88 Å². The molecular formula is C10H13F3N4OS. The average molecular weight is 294 g/mol. The zero-order valence-corrected chi connectivity index (χ0v) is 11.0. The molecule has 0 aromatic carbocycles. The molecule has 9 heteroatoms. The first-order valence-corrected chi connectivity index (χ1v) is 6.73. The number of amides is 1. The number of aromatic nitrogens is 3. The molecule has 1 N–H and O–H groups in total. The van der Waals surface area contributed by atoms with Gasteiger partial charge in [0.2, 0.25) is 5.91 Å². The quantitative estimate of drug-likeness (QED) is 0.840. The molecule has 0 radical (unpaired) electrons. The van der Waals surface area contributed by atoms with Gasteiger partial charge in [0.25, 0.3) is 0 Å². The van der Waals surface area contributed by atoms with E-state index in [0.29, 0.717) is 11.2 Å². The third-order valence-corrected chi connectivity index (χ3v) is 3.51. The van der Waals surface area contributed by atoms with Crippen LogP contribution in [0, 0.1) is 6.92 Å². The van der Waals surface area contributed by atoms with Crippen LogP contribution in [0.3, 0.4) is 0 Å². The van der Waals surface area contributed by atoms with Crippen molar-refractivity contribution in [2.24, 2.45) is 0 Å². The second-order valence-electron chi connectivity index (χ2n) is 4.31. The second kappa shape index (κ2) is 5.40. The van der Waals surface area contributed by atoms with Crippen LogP contribution in [-0.2, 0) is 4.79 Å². The summed E-state index contributed by atoms with van der Waals surface area (Å²) in [5.74, 6) is 0.00650. The van der Waals surface area contributed by atoms with Gasteiger partial charge in [-0.2, -0.15) is 13.2 Å². The predicted molar refractivity (Wildman–Crippen MR) is 62.8 cm³/mol. The SMILES string of the molecule is Cc1nnc(SCC(=O)NCC(F)(F)F)n1C1CC1. The lowest BCUT2D eigenvalue weighted by molar-refractivity contribution is -0.136. The molecule has 1 aliphatic carbocycles. The molecule has 0 bridgehead atoms. The minimum Gasteiger partial charge on any atom is -0.346 e. The van der Waals surface area contributed by atoms with Gasteiger partial charge in [-0.25, -0.2) is 0 Å². The van der Waals surface area contributed by atoms with Crippen molar-refractivity contribution in [1.29, 1.82) is 0 Å². The van der Waals surface area contributed by atoms with Crippen LogP contribution in [-0.4, -0.2) is 39.1 Å². The fraction of sp³-hybridized carbons (Fsp3) is 0.700. The molecular weight excluding hydrogens is 281 g/mol. The third-order valence-electron chi connectivity index (χ3n) is 2.57. The van der Waals surface area contributed by atoms with Gasteiger partial charge in [0.1, 0.15) is 12.4 Å². The highest BCUT2D eigenvalue weighted by atomic mass is 32.2. The third kappa shape index (κ3) is 4.12. The topological polar surface area (TPSA) is 59.8 Å². The second-order valence-corrected chi connectivity index (χ2v) is 5.25. The number of aryl methyl sites for hydroxylation is 1. The van der Waals surface area contributed by atoms with Crippen LogP contribution in [0.4, 0.5) is 13.2 Å². The van der Waals surface area contributed by atoms with Crippen LogP contribution in [0.5, 0.6) is 0 Å². The number of hydrogen-bond donors (Lipinski definition) is 1. The van der Waals surface area contributed by atoms with Gasteiger partial charge in [0.15, 0.2) is 5.16 Å². The van der Waals surface area contributed by atoms with E-state index >= 15 is 0 Å². The Bertz CT molecular complexity index is 470. The summed E-state index contributed by atoms with van der Waals surface area (Å²) in [5.41, 5.74) is 0. The molecule has 1 aromatic heterocycles. The Morgan fingerprint density at radius 2 is 2.16 bits per heavy atom. The summed E-state index contributed by atoms with van der Waals surface area (Å²) in [6.45, 7) is 0.514. The predicted octanol–water partition coefficient (Wildman–Crippen LogP) is 1.69. The maximum absolute atomic E-state index is 11.9. The number of thioether (sulfide) groups is 1. The smallest absolute Gasteiger partial charge is 0.346 e. The Kier molecular flexibility index (Phi) is 4.02. The Balaban J connectivity index is 1.84. The standard InChI is InChI=1S/C10H13F3N4OS/c1-6-15-16-9(17(6)7-2-3-7)19-4-8(18)14-5-10(11,12)13/h7H,2-5H2,1H3,(H,14,18). The molecule has 0 saturated heterocycles. The fourth-order valence-electron chi connectivity index (χ4n) is 1.58. The van der Waals surface area contributed by atoms with Crippen molar-refractivity contribution < 1.29 is 18.0 Å². The van der Waals surface area contributed by atoms with E-state index in [1.54, 1.807) is 0 Å². The Hall–Kier alpha value is -1.25. The average Bonchev–Trinajstić information content (AvgIpc) is 3.08. The van der Waals surface area contributed by atoms with E-state index in [-0.39, 0.29) is 5.75 Å². The van der Waals surface area contributed by atoms with Crippen LogP contribution in [0.1, 0.15) is 24.7 Å². The van der Waals surface area contributed by atoms with Gasteiger partial charge in [0.05, 0.1) is 5.75 Å². The molecule has 0 aliphatic heterocycles. The highest BCUT2D eigenvalue weighted by Gasteiger charge is 2.29. The molecule has 0 atom stereocenters. The van der Waals surface area contributed by atoms with Gasteiger partial charge in [-0.1, -0.05) is 11.8 Å². The molecule has 1 heterocycles. The van der Waals surface area contributed by atoms with E-state index in [0.717, 1.165) is 30.4 Å². The van der Waals surface area contributed by atoms with E-state index in [1.165, 1.54) is 0 Å². The van der Waals surface area contributed by atoms with E-state index in [2.05, 4.69) is 10.2 Å².